The van der Waals surface area contributed by atoms with Crippen LogP contribution in [0.4, 0.5) is 13.2 Å². The lowest BCUT2D eigenvalue weighted by Crippen LogP contribution is -2.57. The Morgan fingerprint density at radius 1 is 1.00 bits per heavy atom. The van der Waals surface area contributed by atoms with Gasteiger partial charge in [0.1, 0.15) is 17.0 Å². The summed E-state index contributed by atoms with van der Waals surface area (Å²) >= 11 is 0. The van der Waals surface area contributed by atoms with Gasteiger partial charge in [-0.2, -0.15) is 13.2 Å². The molecule has 0 saturated carbocycles. The van der Waals surface area contributed by atoms with Crippen LogP contribution in [-0.4, -0.2) is 44.9 Å². The van der Waals surface area contributed by atoms with Crippen LogP contribution >= 0.6 is 0 Å². The van der Waals surface area contributed by atoms with Gasteiger partial charge in [0.25, 0.3) is 0 Å². The van der Waals surface area contributed by atoms with Gasteiger partial charge in [-0.3, -0.25) is 24.6 Å². The molecule has 0 spiro atoms. The maximum Gasteiger partial charge on any atom is 0.416 e. The standard InChI is InChI=1S/C33H30F3N3O5/c1-2-3-14-39-29(40)26-27(30(39)41)32(31(42)43,17-20-18-37-25-13-5-4-12-24(20)25)38-28(26)19-8-6-10-22(15-19)44-23-11-7-9-21(16-23)33(34,35)36/h4-13,15-16,18,26-28,37-38H,2-3,14,17H2,1H3,(H,42,43). The van der Waals surface area contributed by atoms with Crippen molar-refractivity contribution in [2.24, 2.45) is 11.8 Å². The van der Waals surface area contributed by atoms with Crippen LogP contribution < -0.4 is 10.1 Å². The zero-order valence-corrected chi connectivity index (χ0v) is 23.7. The number of halogens is 3. The summed E-state index contributed by atoms with van der Waals surface area (Å²) in [6, 6.07) is 17.4. The fraction of sp³-hybridized carbons (Fsp3) is 0.303. The van der Waals surface area contributed by atoms with Gasteiger partial charge in [0.05, 0.1) is 17.4 Å². The second-order valence-electron chi connectivity index (χ2n) is 11.3. The molecule has 2 fully saturated rings. The highest BCUT2D eigenvalue weighted by atomic mass is 19.4. The predicted molar refractivity (Wildman–Crippen MR) is 155 cm³/mol. The van der Waals surface area contributed by atoms with Crippen LogP contribution in [0.2, 0.25) is 0 Å². The fourth-order valence-electron chi connectivity index (χ4n) is 6.54. The number of carboxylic acid groups (broad SMARTS) is 1. The Hall–Kier alpha value is -4.64. The number of unbranched alkanes of at least 4 members (excludes halogenated alkanes) is 1. The zero-order valence-electron chi connectivity index (χ0n) is 23.7. The van der Waals surface area contributed by atoms with E-state index in [1.54, 1.807) is 30.5 Å². The molecule has 0 bridgehead atoms. The Labute approximate surface area is 250 Å². The van der Waals surface area contributed by atoms with Crippen LogP contribution in [0.25, 0.3) is 10.9 Å². The van der Waals surface area contributed by atoms with Crippen LogP contribution in [-0.2, 0) is 27.0 Å². The largest absolute Gasteiger partial charge is 0.480 e. The van der Waals surface area contributed by atoms with E-state index >= 15 is 0 Å². The predicted octanol–water partition coefficient (Wildman–Crippen LogP) is 6.09. The number of benzene rings is 3. The summed E-state index contributed by atoms with van der Waals surface area (Å²) in [6.45, 7) is 2.13. The number of imide groups is 1. The van der Waals surface area contributed by atoms with Gasteiger partial charge in [0, 0.05) is 36.1 Å². The summed E-state index contributed by atoms with van der Waals surface area (Å²) in [5.74, 6) is -4.26. The summed E-state index contributed by atoms with van der Waals surface area (Å²) in [6.07, 6.45) is -1.57. The average molecular weight is 606 g/mol. The third-order valence-electron chi connectivity index (χ3n) is 8.62. The van der Waals surface area contributed by atoms with Crippen molar-refractivity contribution in [3.05, 3.63) is 95.7 Å². The van der Waals surface area contributed by atoms with Gasteiger partial charge in [0.15, 0.2) is 0 Å². The number of nitrogens with zero attached hydrogens (tertiary/aromatic N) is 1. The molecule has 44 heavy (non-hydrogen) atoms. The van der Waals surface area contributed by atoms with Crippen LogP contribution in [0.3, 0.4) is 0 Å². The minimum atomic E-state index is -4.55. The maximum atomic E-state index is 13.9. The first kappa shape index (κ1) is 29.4. The van der Waals surface area contributed by atoms with Gasteiger partial charge in [-0.05, 0) is 53.9 Å². The molecule has 11 heteroatoms. The second-order valence-corrected chi connectivity index (χ2v) is 11.3. The molecule has 1 aromatic heterocycles. The Kier molecular flexibility index (Phi) is 7.44. The SMILES string of the molecule is CCCCN1C(=O)C2C(c3cccc(Oc4cccc(C(F)(F)F)c4)c3)NC(Cc3c[nH]c4ccccc34)(C(=O)O)C2C1=O. The number of aliphatic carboxylic acids is 1. The molecule has 6 rings (SSSR count). The molecule has 2 aliphatic heterocycles. The van der Waals surface area contributed by atoms with E-state index in [-0.39, 0.29) is 24.5 Å². The molecule has 2 saturated heterocycles. The van der Waals surface area contributed by atoms with E-state index in [9.17, 15) is 32.7 Å². The van der Waals surface area contributed by atoms with Crippen molar-refractivity contribution < 1.29 is 37.4 Å². The van der Waals surface area contributed by atoms with Crippen LogP contribution in [0.5, 0.6) is 11.5 Å². The van der Waals surface area contributed by atoms with Gasteiger partial charge < -0.3 is 14.8 Å². The molecule has 0 radical (unpaired) electrons. The molecule has 8 nitrogen and oxygen atoms in total. The molecular weight excluding hydrogens is 575 g/mol. The molecule has 4 aromatic rings. The van der Waals surface area contributed by atoms with Crippen molar-refractivity contribution in [2.75, 3.05) is 6.54 Å². The highest BCUT2D eigenvalue weighted by molar-refractivity contribution is 6.09. The van der Waals surface area contributed by atoms with Crippen molar-refractivity contribution in [1.29, 1.82) is 0 Å². The second kappa shape index (κ2) is 11.1. The normalized spacial score (nSPS) is 23.4. The molecule has 3 aromatic carbocycles. The first-order valence-electron chi connectivity index (χ1n) is 14.4. The highest BCUT2D eigenvalue weighted by Crippen LogP contribution is 2.51. The lowest BCUT2D eigenvalue weighted by Gasteiger charge is -2.31. The quantitative estimate of drug-likeness (QED) is 0.199. The van der Waals surface area contributed by atoms with Crippen LogP contribution in [0.1, 0.15) is 42.5 Å². The lowest BCUT2D eigenvalue weighted by molar-refractivity contribution is -0.151. The Bertz CT molecular complexity index is 1750. The number of aromatic nitrogens is 1. The number of hydrogen-bond acceptors (Lipinski definition) is 5. The third kappa shape index (κ3) is 5.00. The van der Waals surface area contributed by atoms with E-state index < -0.39 is 52.9 Å². The summed E-state index contributed by atoms with van der Waals surface area (Å²) in [7, 11) is 0. The molecule has 3 heterocycles. The number of carbonyl (C=O) groups excluding carboxylic acids is 2. The maximum absolute atomic E-state index is 13.9. The first-order chi connectivity index (χ1) is 21.0. The van der Waals surface area contributed by atoms with E-state index in [1.165, 1.54) is 17.0 Å². The number of ether oxygens (including phenoxy) is 1. The molecule has 2 amide bonds. The molecular formula is C33H30F3N3O5. The number of likely N-dealkylation sites (tertiary alicyclic amines) is 1. The number of hydrogen-bond donors (Lipinski definition) is 3. The average Bonchev–Trinajstić information content (AvgIpc) is 3.64. The number of carboxylic acids is 1. The Morgan fingerprint density at radius 2 is 1.73 bits per heavy atom. The van der Waals surface area contributed by atoms with Gasteiger partial charge in [-0.15, -0.1) is 0 Å². The summed E-state index contributed by atoms with van der Waals surface area (Å²) < 4.78 is 45.5. The van der Waals surface area contributed by atoms with Crippen molar-refractivity contribution >= 4 is 28.7 Å². The fourth-order valence-corrected chi connectivity index (χ4v) is 6.54. The number of aromatic amines is 1. The molecule has 3 N–H and O–H groups in total. The number of rotatable bonds is 9. The number of fused-ring (bicyclic) bond motifs is 2. The van der Waals surface area contributed by atoms with Crippen LogP contribution in [0, 0.1) is 11.8 Å². The van der Waals surface area contributed by atoms with Gasteiger partial charge in [0.2, 0.25) is 11.8 Å². The molecule has 4 atom stereocenters. The van der Waals surface area contributed by atoms with Gasteiger partial charge in [-0.1, -0.05) is 49.7 Å². The van der Waals surface area contributed by atoms with Crippen molar-refractivity contribution in [1.82, 2.24) is 15.2 Å². The minimum Gasteiger partial charge on any atom is -0.480 e. The van der Waals surface area contributed by atoms with E-state index in [4.69, 9.17) is 4.74 Å². The zero-order chi connectivity index (χ0) is 31.2. The van der Waals surface area contributed by atoms with E-state index in [2.05, 4.69) is 10.3 Å². The van der Waals surface area contributed by atoms with E-state index in [0.717, 1.165) is 29.5 Å². The topological polar surface area (TPSA) is 112 Å². The highest BCUT2D eigenvalue weighted by Gasteiger charge is 2.68. The monoisotopic (exact) mass is 605 g/mol. The number of nitrogens with one attached hydrogen (secondary N) is 2. The van der Waals surface area contributed by atoms with Gasteiger partial charge >= 0.3 is 12.1 Å². The van der Waals surface area contributed by atoms with E-state index in [1.807, 2.05) is 31.2 Å². The Morgan fingerprint density at radius 3 is 2.45 bits per heavy atom. The van der Waals surface area contributed by atoms with Crippen molar-refractivity contribution in [2.45, 2.75) is 43.9 Å². The smallest absolute Gasteiger partial charge is 0.416 e. The van der Waals surface area contributed by atoms with Crippen LogP contribution in [0.15, 0.2) is 79.0 Å². The van der Waals surface area contributed by atoms with Crippen molar-refractivity contribution in [3.63, 3.8) is 0 Å². The lowest BCUT2D eigenvalue weighted by atomic mass is 9.76. The van der Waals surface area contributed by atoms with Gasteiger partial charge in [-0.25, -0.2) is 0 Å². The number of carbonyl (C=O) groups is 3. The summed E-state index contributed by atoms with van der Waals surface area (Å²) in [4.78, 5) is 45.3. The summed E-state index contributed by atoms with van der Waals surface area (Å²) in [5.41, 5.74) is -0.704. The molecule has 228 valence electrons. The molecule has 4 unspecified atom stereocenters. The molecule has 0 aliphatic carbocycles. The third-order valence-corrected chi connectivity index (χ3v) is 8.62. The number of amides is 2. The first-order valence-corrected chi connectivity index (χ1v) is 14.4. The summed E-state index contributed by atoms with van der Waals surface area (Å²) in [5, 5.41) is 14.8. The van der Waals surface area contributed by atoms with E-state index in [0.29, 0.717) is 17.5 Å². The number of para-hydroxylation sites is 1. The molecule has 2 aliphatic rings. The van der Waals surface area contributed by atoms with Crippen molar-refractivity contribution in [3.8, 4) is 11.5 Å². The Balaban J connectivity index is 1.40. The number of H-pyrrole nitrogens is 1. The number of alkyl halides is 3. The minimum absolute atomic E-state index is 0.0358.